The van der Waals surface area contributed by atoms with E-state index >= 15 is 0 Å². The van der Waals surface area contributed by atoms with E-state index in [1.54, 1.807) is 0 Å². The fraction of sp³-hybridized carbons (Fsp3) is 1.00. The Morgan fingerprint density at radius 1 is 1.33 bits per heavy atom. The molecule has 9 heavy (non-hydrogen) atoms. The van der Waals surface area contributed by atoms with Gasteiger partial charge in [-0.15, -0.1) is 0 Å². The van der Waals surface area contributed by atoms with Crippen molar-refractivity contribution < 1.29 is 9.79 Å². The molecule has 0 fully saturated rings. The average Bonchev–Trinajstić information content (AvgIpc) is 1.66. The van der Waals surface area contributed by atoms with E-state index < -0.39 is 7.58 Å². The Balaban J connectivity index is 0. The number of hydrogen-bond acceptors (Lipinski definition) is 4. The van der Waals surface area contributed by atoms with Gasteiger partial charge in [0.15, 0.2) is 0 Å². The molecule has 0 atom stereocenters. The van der Waals surface area contributed by atoms with E-state index in [0.29, 0.717) is 0 Å². The Kier molecular flexibility index (Phi) is 15.7. The first-order chi connectivity index (χ1) is 4.15. The minimum absolute atomic E-state index is 1.09. The molecule has 0 spiro atoms. The van der Waals surface area contributed by atoms with Gasteiger partial charge in [-0.05, 0) is 13.1 Å². The van der Waals surface area contributed by atoms with E-state index in [1.807, 2.05) is 0 Å². The molecule has 0 saturated heterocycles. The second-order valence-corrected chi connectivity index (χ2v) is 2.84. The molecule has 0 aliphatic rings. The van der Waals surface area contributed by atoms with Crippen LogP contribution in [0.1, 0.15) is 13.8 Å². The second kappa shape index (κ2) is 11.5. The third kappa shape index (κ3) is 54.3. The van der Waals surface area contributed by atoms with E-state index in [9.17, 15) is 0 Å². The van der Waals surface area contributed by atoms with Crippen LogP contribution in [0.25, 0.3) is 0 Å². The summed E-state index contributed by atoms with van der Waals surface area (Å²) in [4.78, 5) is 15.1. The summed E-state index contributed by atoms with van der Waals surface area (Å²) in [6.45, 7) is 6.39. The molecule has 5 heteroatoms. The first-order valence-electron chi connectivity index (χ1n) is 2.72. The van der Waals surface area contributed by atoms with Gasteiger partial charge in [0.25, 0.3) is 0 Å². The van der Waals surface area contributed by atoms with Crippen molar-refractivity contribution >= 4 is 19.8 Å². The maximum atomic E-state index is 7.54. The molecule has 58 valence electrons. The topological polar surface area (TPSA) is 52.5 Å². The predicted molar refractivity (Wildman–Crippen MR) is 44.6 cm³/mol. The zero-order valence-electron chi connectivity index (χ0n) is 5.70. The van der Waals surface area contributed by atoms with Gasteiger partial charge in [-0.1, -0.05) is 26.1 Å². The second-order valence-electron chi connectivity index (χ2n) is 1.23. The maximum Gasteiger partial charge on any atom is 0.229 e. The van der Waals surface area contributed by atoms with Crippen LogP contribution in [0, 0.1) is 0 Å². The summed E-state index contributed by atoms with van der Waals surface area (Å²) in [6.07, 6.45) is 0. The Hall–Kier alpha value is 0.660. The molecule has 0 aliphatic carbocycles. The molecule has 0 aromatic heterocycles. The Bertz CT molecular complexity index is 42.8. The van der Waals surface area contributed by atoms with Crippen LogP contribution < -0.4 is 5.32 Å². The Morgan fingerprint density at radius 3 is 1.56 bits per heavy atom. The van der Waals surface area contributed by atoms with E-state index in [0.717, 1.165) is 13.1 Å². The molecule has 0 heterocycles. The first-order valence-corrected chi connectivity index (χ1v) is 5.12. The van der Waals surface area contributed by atoms with Gasteiger partial charge < -0.3 is 15.1 Å². The molecule has 0 aromatic carbocycles. The third-order valence-corrected chi connectivity index (χ3v) is 0.500. The lowest BCUT2D eigenvalue weighted by Gasteiger charge is -1.86. The van der Waals surface area contributed by atoms with Crippen molar-refractivity contribution in [2.45, 2.75) is 13.8 Å². The molecule has 0 rings (SSSR count). The van der Waals surface area contributed by atoms with Crippen LogP contribution in [-0.2, 0) is 0 Å². The van der Waals surface area contributed by atoms with Crippen LogP contribution >= 0.6 is 19.8 Å². The van der Waals surface area contributed by atoms with E-state index in [1.165, 1.54) is 0 Å². The van der Waals surface area contributed by atoms with Crippen LogP contribution in [-0.4, -0.2) is 22.9 Å². The highest BCUT2D eigenvalue weighted by Crippen LogP contribution is 2.26. The van der Waals surface area contributed by atoms with Gasteiger partial charge in [0.2, 0.25) is 7.58 Å². The summed E-state index contributed by atoms with van der Waals surface area (Å²) in [6, 6.07) is 0. The largest absolute Gasteiger partial charge is 0.342 e. The van der Waals surface area contributed by atoms with Gasteiger partial charge in [0, 0.05) is 0 Å². The number of hydrogen-bond donors (Lipinski definition) is 4. The van der Waals surface area contributed by atoms with Crippen molar-refractivity contribution in [2.24, 2.45) is 0 Å². The number of nitrogens with one attached hydrogen (secondary N) is 1. The molecule has 3 nitrogen and oxygen atoms in total. The molecule has 0 bridgehead atoms. The van der Waals surface area contributed by atoms with Gasteiger partial charge in [-0.25, -0.2) is 0 Å². The minimum atomic E-state index is -1.93. The average molecular weight is 171 g/mol. The van der Waals surface area contributed by atoms with E-state index in [2.05, 4.69) is 31.4 Å². The van der Waals surface area contributed by atoms with Gasteiger partial charge in [-0.2, -0.15) is 0 Å². The smallest absolute Gasteiger partial charge is 0.229 e. The van der Waals surface area contributed by atoms with Crippen LogP contribution in [0.5, 0.6) is 0 Å². The predicted octanol–water partition coefficient (Wildman–Crippen LogP) is 0.743. The van der Waals surface area contributed by atoms with Gasteiger partial charge in [-0.3, -0.25) is 0 Å². The SMILES string of the molecule is CCNCC.OP(O)S. The van der Waals surface area contributed by atoms with E-state index in [4.69, 9.17) is 9.79 Å². The molecule has 0 aromatic rings. The Labute approximate surface area is 62.6 Å². The summed E-state index contributed by atoms with van der Waals surface area (Å²) in [5.41, 5.74) is 0. The highest BCUT2D eigenvalue weighted by Gasteiger charge is 1.74. The van der Waals surface area contributed by atoms with Gasteiger partial charge >= 0.3 is 0 Å². The summed E-state index contributed by atoms with van der Waals surface area (Å²) < 4.78 is 0. The van der Waals surface area contributed by atoms with Crippen LogP contribution in [0.15, 0.2) is 0 Å². The summed E-state index contributed by atoms with van der Waals surface area (Å²) in [7, 11) is -1.93. The van der Waals surface area contributed by atoms with E-state index in [-0.39, 0.29) is 0 Å². The van der Waals surface area contributed by atoms with Crippen molar-refractivity contribution in [1.82, 2.24) is 5.32 Å². The highest BCUT2D eigenvalue weighted by atomic mass is 32.7. The molecular weight excluding hydrogens is 157 g/mol. The maximum absolute atomic E-state index is 7.54. The fourth-order valence-corrected chi connectivity index (χ4v) is 0.250. The van der Waals surface area contributed by atoms with Crippen LogP contribution in [0.2, 0.25) is 0 Å². The fourth-order valence-electron chi connectivity index (χ4n) is 0.250. The molecule has 0 saturated carbocycles. The summed E-state index contributed by atoms with van der Waals surface area (Å²) >= 11 is 3.14. The lowest BCUT2D eigenvalue weighted by molar-refractivity contribution is 0.506. The molecule has 3 N–H and O–H groups in total. The molecule has 0 unspecified atom stereocenters. The molecular formula is C4H14NO2PS. The van der Waals surface area contributed by atoms with Gasteiger partial charge in [0.05, 0.1) is 0 Å². The zero-order chi connectivity index (χ0) is 7.70. The lowest BCUT2D eigenvalue weighted by Crippen LogP contribution is -2.09. The first kappa shape index (κ1) is 12.3. The summed E-state index contributed by atoms with van der Waals surface area (Å²) in [5, 5.41) is 3.11. The summed E-state index contributed by atoms with van der Waals surface area (Å²) in [5.74, 6) is 0. The zero-order valence-corrected chi connectivity index (χ0v) is 7.49. The Morgan fingerprint density at radius 2 is 1.56 bits per heavy atom. The third-order valence-electron chi connectivity index (χ3n) is 0.500. The highest BCUT2D eigenvalue weighted by molar-refractivity contribution is 8.41. The minimum Gasteiger partial charge on any atom is -0.342 e. The van der Waals surface area contributed by atoms with Crippen LogP contribution in [0.4, 0.5) is 0 Å². The number of rotatable bonds is 2. The molecule has 0 amide bonds. The normalized spacial score (nSPS) is 8.67. The van der Waals surface area contributed by atoms with Gasteiger partial charge in [0.1, 0.15) is 0 Å². The molecule has 0 aliphatic heterocycles. The monoisotopic (exact) mass is 171 g/mol. The number of thiol groups is 1. The van der Waals surface area contributed by atoms with Crippen molar-refractivity contribution in [3.05, 3.63) is 0 Å². The quantitative estimate of drug-likeness (QED) is 0.366. The van der Waals surface area contributed by atoms with Crippen LogP contribution in [0.3, 0.4) is 0 Å². The van der Waals surface area contributed by atoms with Crippen molar-refractivity contribution in [3.8, 4) is 0 Å². The van der Waals surface area contributed by atoms with Crippen molar-refractivity contribution in [1.29, 1.82) is 0 Å². The van der Waals surface area contributed by atoms with Crippen molar-refractivity contribution in [2.75, 3.05) is 13.1 Å². The molecule has 0 radical (unpaired) electrons. The standard InChI is InChI=1S/C4H11N.H3O2PS/c1-3-5-4-2;1-3(2)4/h5H,3-4H2,1-2H3;1-2,4H. The lowest BCUT2D eigenvalue weighted by atomic mass is 10.7. The van der Waals surface area contributed by atoms with Crippen molar-refractivity contribution in [3.63, 3.8) is 0 Å².